The number of carbonyl (C=O) groups excluding carboxylic acids is 2. The summed E-state index contributed by atoms with van der Waals surface area (Å²) in [5, 5.41) is 2.83. The third-order valence-electron chi connectivity index (χ3n) is 3.15. The third-order valence-corrected chi connectivity index (χ3v) is 3.81. The van der Waals surface area contributed by atoms with Gasteiger partial charge in [0.25, 0.3) is 11.8 Å². The molecule has 2 amide bonds. The number of rotatable bonds is 4. The molecule has 1 aromatic rings. The number of hydrogen-bond acceptors (Lipinski definition) is 5. The number of ether oxygens (including phenoxy) is 2. The maximum Gasteiger partial charge on any atom is 0.265 e. The van der Waals surface area contributed by atoms with Crippen molar-refractivity contribution in [2.24, 2.45) is 0 Å². The van der Waals surface area contributed by atoms with Crippen molar-refractivity contribution in [3.05, 3.63) is 28.3 Å². The van der Waals surface area contributed by atoms with Crippen molar-refractivity contribution in [3.8, 4) is 11.5 Å². The Morgan fingerprint density at radius 3 is 2.70 bits per heavy atom. The molecule has 1 heterocycles. The van der Waals surface area contributed by atoms with Crippen LogP contribution in [0.3, 0.4) is 0 Å². The maximum absolute atomic E-state index is 12.2. The summed E-state index contributed by atoms with van der Waals surface area (Å²) in [6.07, 6.45) is 1.43. The second-order valence-electron chi connectivity index (χ2n) is 4.65. The van der Waals surface area contributed by atoms with Crippen LogP contribution in [0, 0.1) is 0 Å². The Morgan fingerprint density at radius 1 is 1.39 bits per heavy atom. The molecule has 1 saturated heterocycles. The Kier molecular flexibility index (Phi) is 5.23. The molecule has 0 radical (unpaired) electrons. The van der Waals surface area contributed by atoms with Gasteiger partial charge in [0.2, 0.25) is 0 Å². The molecular formula is C15H15ClN2O4S. The average molecular weight is 355 g/mol. The predicted molar refractivity (Wildman–Crippen MR) is 90.7 cm³/mol. The normalized spacial score (nSPS) is 16.6. The van der Waals surface area contributed by atoms with Gasteiger partial charge in [0.05, 0.1) is 18.7 Å². The molecule has 122 valence electrons. The van der Waals surface area contributed by atoms with Gasteiger partial charge in [0, 0.05) is 7.05 Å². The quantitative estimate of drug-likeness (QED) is 0.509. The first kappa shape index (κ1) is 17.2. The van der Waals surface area contributed by atoms with E-state index in [2.05, 4.69) is 5.32 Å². The first-order valence-corrected chi connectivity index (χ1v) is 7.53. The first-order valence-electron chi connectivity index (χ1n) is 6.74. The van der Waals surface area contributed by atoms with Gasteiger partial charge in [-0.15, -0.1) is 0 Å². The fourth-order valence-corrected chi connectivity index (χ4v) is 2.52. The highest BCUT2D eigenvalue weighted by Gasteiger charge is 2.30. The fourth-order valence-electron chi connectivity index (χ4n) is 2.04. The van der Waals surface area contributed by atoms with Gasteiger partial charge in [-0.3, -0.25) is 19.8 Å². The summed E-state index contributed by atoms with van der Waals surface area (Å²) < 4.78 is 10.7. The van der Waals surface area contributed by atoms with E-state index in [9.17, 15) is 9.59 Å². The summed E-state index contributed by atoms with van der Waals surface area (Å²) in [6, 6.07) is 3.23. The van der Waals surface area contributed by atoms with Gasteiger partial charge in [0.1, 0.15) is 5.57 Å². The molecule has 6 nitrogen and oxygen atoms in total. The largest absolute Gasteiger partial charge is 0.491 e. The summed E-state index contributed by atoms with van der Waals surface area (Å²) in [7, 11) is 2.97. The standard InChI is InChI=1S/C15H15ClN2O4S/c1-4-22-11-7-8(6-10(16)12(11)21-3)5-9-13(19)17-15(23)18(2)14(9)20/h5-7H,4H2,1-3H3,(H,17,19,23)/b9-5+. The molecule has 0 bridgehead atoms. The Bertz CT molecular complexity index is 718. The smallest absolute Gasteiger partial charge is 0.265 e. The van der Waals surface area contributed by atoms with Crippen molar-refractivity contribution in [2.75, 3.05) is 20.8 Å². The zero-order valence-corrected chi connectivity index (χ0v) is 14.4. The SMILES string of the molecule is CCOc1cc(/C=C2\C(=O)NC(=S)N(C)C2=O)cc(Cl)c1OC. The van der Waals surface area contributed by atoms with Crippen LogP contribution in [-0.2, 0) is 9.59 Å². The van der Waals surface area contributed by atoms with E-state index in [1.165, 1.54) is 25.1 Å². The van der Waals surface area contributed by atoms with E-state index in [0.717, 1.165) is 0 Å². The number of likely N-dealkylation sites (N-methyl/N-ethyl adjacent to an activating group) is 1. The van der Waals surface area contributed by atoms with Crippen molar-refractivity contribution in [1.29, 1.82) is 0 Å². The molecule has 1 N–H and O–H groups in total. The number of hydrogen-bond donors (Lipinski definition) is 1. The highest BCUT2D eigenvalue weighted by atomic mass is 35.5. The molecule has 1 aliphatic rings. The lowest BCUT2D eigenvalue weighted by Gasteiger charge is -2.25. The van der Waals surface area contributed by atoms with Gasteiger partial charge in [-0.2, -0.15) is 0 Å². The van der Waals surface area contributed by atoms with E-state index in [1.807, 2.05) is 6.92 Å². The van der Waals surface area contributed by atoms with E-state index in [0.29, 0.717) is 28.7 Å². The number of benzene rings is 1. The Hall–Kier alpha value is -2.12. The molecule has 0 aliphatic carbocycles. The van der Waals surface area contributed by atoms with E-state index < -0.39 is 11.8 Å². The number of thiocarbonyl (C=S) groups is 1. The zero-order chi connectivity index (χ0) is 17.1. The number of carbonyl (C=O) groups is 2. The van der Waals surface area contributed by atoms with Gasteiger partial charge >= 0.3 is 0 Å². The zero-order valence-electron chi connectivity index (χ0n) is 12.8. The van der Waals surface area contributed by atoms with Crippen LogP contribution in [0.2, 0.25) is 5.02 Å². The number of methoxy groups -OCH3 is 1. The molecule has 1 fully saturated rings. The molecule has 8 heteroatoms. The Balaban J connectivity index is 2.48. The van der Waals surface area contributed by atoms with Gasteiger partial charge < -0.3 is 9.47 Å². The van der Waals surface area contributed by atoms with E-state index in [4.69, 9.17) is 33.3 Å². The molecular weight excluding hydrogens is 340 g/mol. The monoisotopic (exact) mass is 354 g/mol. The summed E-state index contributed by atoms with van der Waals surface area (Å²) >= 11 is 11.1. The lowest BCUT2D eigenvalue weighted by molar-refractivity contribution is -0.128. The van der Waals surface area contributed by atoms with Gasteiger partial charge in [-0.25, -0.2) is 0 Å². The minimum atomic E-state index is -0.553. The molecule has 0 aromatic heterocycles. The van der Waals surface area contributed by atoms with Crippen LogP contribution in [0.25, 0.3) is 6.08 Å². The van der Waals surface area contributed by atoms with Crippen LogP contribution in [0.5, 0.6) is 11.5 Å². The number of amides is 2. The van der Waals surface area contributed by atoms with Crippen LogP contribution in [-0.4, -0.2) is 42.6 Å². The maximum atomic E-state index is 12.2. The van der Waals surface area contributed by atoms with Crippen molar-refractivity contribution in [3.63, 3.8) is 0 Å². The molecule has 0 atom stereocenters. The topological polar surface area (TPSA) is 67.9 Å². The minimum Gasteiger partial charge on any atom is -0.491 e. The molecule has 1 aromatic carbocycles. The number of halogens is 1. The molecule has 0 saturated carbocycles. The van der Waals surface area contributed by atoms with Gasteiger partial charge in [-0.1, -0.05) is 11.6 Å². The summed E-state index contributed by atoms with van der Waals surface area (Å²) in [6.45, 7) is 2.25. The number of nitrogens with one attached hydrogen (secondary N) is 1. The molecule has 2 rings (SSSR count). The summed E-state index contributed by atoms with van der Waals surface area (Å²) in [5.74, 6) is -0.207. The van der Waals surface area contributed by atoms with Gasteiger partial charge in [-0.05, 0) is 42.9 Å². The minimum absolute atomic E-state index is 0.0372. The molecule has 0 unspecified atom stereocenters. The van der Waals surface area contributed by atoms with Crippen LogP contribution in [0.1, 0.15) is 12.5 Å². The van der Waals surface area contributed by atoms with E-state index in [-0.39, 0.29) is 10.7 Å². The summed E-state index contributed by atoms with van der Waals surface area (Å²) in [4.78, 5) is 25.4. The van der Waals surface area contributed by atoms with Crippen LogP contribution < -0.4 is 14.8 Å². The van der Waals surface area contributed by atoms with Crippen molar-refractivity contribution >= 4 is 46.8 Å². The van der Waals surface area contributed by atoms with Crippen molar-refractivity contribution < 1.29 is 19.1 Å². The van der Waals surface area contributed by atoms with Gasteiger partial charge in [0.15, 0.2) is 16.6 Å². The molecule has 1 aliphatic heterocycles. The van der Waals surface area contributed by atoms with Crippen molar-refractivity contribution in [2.45, 2.75) is 6.92 Å². The highest BCUT2D eigenvalue weighted by molar-refractivity contribution is 7.80. The van der Waals surface area contributed by atoms with Crippen molar-refractivity contribution in [1.82, 2.24) is 10.2 Å². The van der Waals surface area contributed by atoms with Crippen LogP contribution in [0.4, 0.5) is 0 Å². The molecule has 0 spiro atoms. The third kappa shape index (κ3) is 3.46. The van der Waals surface area contributed by atoms with Crippen LogP contribution >= 0.6 is 23.8 Å². The lowest BCUT2D eigenvalue weighted by Crippen LogP contribution is -2.52. The highest BCUT2D eigenvalue weighted by Crippen LogP contribution is 2.37. The number of nitrogens with zero attached hydrogens (tertiary/aromatic N) is 1. The lowest BCUT2D eigenvalue weighted by atomic mass is 10.1. The molecule has 23 heavy (non-hydrogen) atoms. The second kappa shape index (κ2) is 6.97. The first-order chi connectivity index (χ1) is 10.9. The fraction of sp³-hybridized carbons (Fsp3) is 0.267. The van der Waals surface area contributed by atoms with Crippen LogP contribution in [0.15, 0.2) is 17.7 Å². The van der Waals surface area contributed by atoms with E-state index in [1.54, 1.807) is 12.1 Å². The Morgan fingerprint density at radius 2 is 2.09 bits per heavy atom. The second-order valence-corrected chi connectivity index (χ2v) is 5.44. The predicted octanol–water partition coefficient (Wildman–Crippen LogP) is 2.00. The van der Waals surface area contributed by atoms with E-state index >= 15 is 0 Å². The Labute approximate surface area is 144 Å². The average Bonchev–Trinajstić information content (AvgIpc) is 2.50. The summed E-state index contributed by atoms with van der Waals surface area (Å²) in [5.41, 5.74) is 0.503.